The summed E-state index contributed by atoms with van der Waals surface area (Å²) in [5.41, 5.74) is 2.97. The van der Waals surface area contributed by atoms with Gasteiger partial charge in [0, 0.05) is 5.16 Å². The number of ether oxygens (including phenoxy) is 1. The van der Waals surface area contributed by atoms with E-state index in [0.717, 1.165) is 43.5 Å². The Morgan fingerprint density at radius 1 is 0.750 bits per heavy atom. The summed E-state index contributed by atoms with van der Waals surface area (Å²) in [7, 11) is -2.16. The Labute approximate surface area is 216 Å². The van der Waals surface area contributed by atoms with Crippen LogP contribution >= 0.6 is 7.60 Å². The quantitative estimate of drug-likeness (QED) is 0.162. The van der Waals surface area contributed by atoms with Crippen LogP contribution in [0.25, 0.3) is 0 Å². The van der Waals surface area contributed by atoms with Gasteiger partial charge in [-0.25, -0.2) is 0 Å². The van der Waals surface area contributed by atoms with E-state index in [1.807, 2.05) is 24.3 Å². The van der Waals surface area contributed by atoms with Crippen LogP contribution in [0.4, 0.5) is 0 Å². The number of rotatable bonds is 13. The van der Waals surface area contributed by atoms with Crippen molar-refractivity contribution in [2.45, 2.75) is 57.1 Å². The highest BCUT2D eigenvalue weighted by Crippen LogP contribution is 2.50. The molecule has 1 unspecified atom stereocenters. The molecule has 0 aliphatic heterocycles. The van der Waals surface area contributed by atoms with E-state index in [9.17, 15) is 9.46 Å². The number of benzene rings is 3. The van der Waals surface area contributed by atoms with E-state index in [-0.39, 0.29) is 6.61 Å². The van der Waals surface area contributed by atoms with Gasteiger partial charge in [-0.15, -0.1) is 0 Å². The maximum absolute atomic E-state index is 12.1. The summed E-state index contributed by atoms with van der Waals surface area (Å²) in [5.74, 6) is 0.824. The lowest BCUT2D eigenvalue weighted by molar-refractivity contribution is -0.204. The van der Waals surface area contributed by atoms with Crippen LogP contribution in [-0.4, -0.2) is 25.4 Å². The van der Waals surface area contributed by atoms with Gasteiger partial charge in [0.05, 0.1) is 19.3 Å². The number of hydrogen-bond donors (Lipinski definition) is 1. The molecule has 194 valence electrons. The molecule has 0 radical (unpaired) electrons. The third kappa shape index (κ3) is 6.86. The van der Waals surface area contributed by atoms with Gasteiger partial charge in [-0.05, 0) is 48.2 Å². The number of nitrogens with one attached hydrogen (secondary N) is 1. The van der Waals surface area contributed by atoms with Gasteiger partial charge >= 0.3 is 0 Å². The van der Waals surface area contributed by atoms with Crippen molar-refractivity contribution in [1.82, 2.24) is 5.32 Å². The Hall–Kier alpha value is -2.43. The van der Waals surface area contributed by atoms with E-state index < -0.39 is 18.3 Å². The molecule has 1 N–H and O–H groups in total. The van der Waals surface area contributed by atoms with E-state index in [2.05, 4.69) is 66.0 Å². The standard InChI is InChI=1S/C30H40NO4P/c1-29(2,3)36(32,33)35-24-14-6-5-13-23-31-30(25-15-9-7-10-16-25,26-17-11-8-12-18-26)27-19-21-28(34-4)22-20-27/h7-12,15-22,31H,5-6,13-14,23-24H2,1-4H3,(H,32,33)/p-1. The molecule has 6 heteroatoms. The van der Waals surface area contributed by atoms with Crippen molar-refractivity contribution in [3.8, 4) is 5.75 Å². The van der Waals surface area contributed by atoms with E-state index in [4.69, 9.17) is 9.26 Å². The summed E-state index contributed by atoms with van der Waals surface area (Å²) in [6, 6.07) is 29.3. The third-order valence-corrected chi connectivity index (χ3v) is 8.65. The molecule has 3 aromatic rings. The van der Waals surface area contributed by atoms with Crippen LogP contribution in [0.5, 0.6) is 5.75 Å². The molecule has 5 nitrogen and oxygen atoms in total. The minimum atomic E-state index is -3.84. The maximum Gasteiger partial charge on any atom is 0.140 e. The molecule has 3 rings (SSSR count). The minimum absolute atomic E-state index is 0.245. The van der Waals surface area contributed by atoms with Gasteiger partial charge < -0.3 is 18.7 Å². The Morgan fingerprint density at radius 3 is 1.75 bits per heavy atom. The van der Waals surface area contributed by atoms with Gasteiger partial charge in [-0.3, -0.25) is 5.32 Å². The average molecular weight is 509 g/mol. The zero-order valence-corrected chi connectivity index (χ0v) is 22.8. The summed E-state index contributed by atoms with van der Waals surface area (Å²) in [4.78, 5) is 12.1. The number of unbranched alkanes of at least 4 members (excludes halogenated alkanes) is 3. The molecule has 3 aromatic carbocycles. The molecule has 0 amide bonds. The Morgan fingerprint density at radius 2 is 1.25 bits per heavy atom. The molecule has 0 bridgehead atoms. The molecular weight excluding hydrogens is 469 g/mol. The van der Waals surface area contributed by atoms with Crippen molar-refractivity contribution in [2.24, 2.45) is 0 Å². The van der Waals surface area contributed by atoms with E-state index >= 15 is 0 Å². The third-order valence-electron chi connectivity index (χ3n) is 6.48. The lowest BCUT2D eigenvalue weighted by Gasteiger charge is -2.37. The molecule has 0 aliphatic rings. The van der Waals surface area contributed by atoms with Crippen molar-refractivity contribution in [1.29, 1.82) is 0 Å². The van der Waals surface area contributed by atoms with Crippen molar-refractivity contribution in [2.75, 3.05) is 20.3 Å². The molecule has 36 heavy (non-hydrogen) atoms. The predicted octanol–water partition coefficient (Wildman–Crippen LogP) is 6.51. The second-order valence-electron chi connectivity index (χ2n) is 10.1. The molecule has 0 fully saturated rings. The number of hydrogen-bond acceptors (Lipinski definition) is 5. The summed E-state index contributed by atoms with van der Waals surface area (Å²) in [5, 5.41) is 3.02. The highest BCUT2D eigenvalue weighted by Gasteiger charge is 2.35. The molecule has 0 heterocycles. The van der Waals surface area contributed by atoms with Gasteiger partial charge in [-0.1, -0.05) is 106 Å². The van der Waals surface area contributed by atoms with Gasteiger partial charge in [0.1, 0.15) is 13.3 Å². The fourth-order valence-electron chi connectivity index (χ4n) is 4.26. The SMILES string of the molecule is COc1ccc(C(NCCCCCCOP(=O)([O-])C(C)(C)C)(c2ccccc2)c2ccccc2)cc1. The van der Waals surface area contributed by atoms with Crippen molar-refractivity contribution in [3.05, 3.63) is 102 Å². The predicted molar refractivity (Wildman–Crippen MR) is 146 cm³/mol. The largest absolute Gasteiger partial charge is 0.778 e. The van der Waals surface area contributed by atoms with Crippen LogP contribution in [0.2, 0.25) is 0 Å². The van der Waals surface area contributed by atoms with E-state index in [1.165, 1.54) is 11.1 Å². The molecular formula is C30H39NO4P-. The smallest absolute Gasteiger partial charge is 0.140 e. The highest BCUT2D eigenvalue weighted by molar-refractivity contribution is 7.53. The zero-order chi connectivity index (χ0) is 26.1. The summed E-state index contributed by atoms with van der Waals surface area (Å²) in [6.45, 7) is 6.05. The fourth-order valence-corrected chi connectivity index (χ4v) is 5.02. The first-order valence-electron chi connectivity index (χ1n) is 12.7. The van der Waals surface area contributed by atoms with E-state index in [1.54, 1.807) is 27.9 Å². The van der Waals surface area contributed by atoms with Gasteiger partial charge in [0.15, 0.2) is 0 Å². The lowest BCUT2D eigenvalue weighted by Crippen LogP contribution is -2.45. The average Bonchev–Trinajstić information content (AvgIpc) is 2.88. The summed E-state index contributed by atoms with van der Waals surface area (Å²) < 4.78 is 22.8. The summed E-state index contributed by atoms with van der Waals surface area (Å²) >= 11 is 0. The zero-order valence-electron chi connectivity index (χ0n) is 21.9. The van der Waals surface area contributed by atoms with E-state index in [0.29, 0.717) is 0 Å². The van der Waals surface area contributed by atoms with Crippen LogP contribution in [0.3, 0.4) is 0 Å². The van der Waals surface area contributed by atoms with Crippen LogP contribution in [0.15, 0.2) is 84.9 Å². The van der Waals surface area contributed by atoms with Crippen LogP contribution in [0.1, 0.15) is 63.1 Å². The number of methoxy groups -OCH3 is 1. The first kappa shape index (κ1) is 28.1. The Kier molecular flexibility index (Phi) is 9.92. The van der Waals surface area contributed by atoms with Gasteiger partial charge in [0.2, 0.25) is 0 Å². The topological polar surface area (TPSA) is 70.6 Å². The van der Waals surface area contributed by atoms with Crippen LogP contribution in [-0.2, 0) is 14.6 Å². The highest BCUT2D eigenvalue weighted by atomic mass is 31.2. The second-order valence-corrected chi connectivity index (χ2v) is 12.6. The molecule has 0 spiro atoms. The minimum Gasteiger partial charge on any atom is -0.778 e. The van der Waals surface area contributed by atoms with Gasteiger partial charge in [-0.2, -0.15) is 0 Å². The van der Waals surface area contributed by atoms with Crippen molar-refractivity contribution in [3.63, 3.8) is 0 Å². The van der Waals surface area contributed by atoms with Crippen LogP contribution < -0.4 is 14.9 Å². The molecule has 0 saturated carbocycles. The molecule has 1 atom stereocenters. The Bertz CT molecular complexity index is 1060. The first-order valence-corrected chi connectivity index (χ1v) is 14.2. The van der Waals surface area contributed by atoms with Gasteiger partial charge in [0.25, 0.3) is 0 Å². The summed E-state index contributed by atoms with van der Waals surface area (Å²) in [6.07, 6.45) is 3.59. The van der Waals surface area contributed by atoms with Crippen LogP contribution in [0, 0.1) is 0 Å². The molecule has 0 saturated heterocycles. The van der Waals surface area contributed by atoms with Crippen molar-refractivity contribution < 1.29 is 18.7 Å². The molecule has 0 aliphatic carbocycles. The maximum atomic E-state index is 12.1. The fraction of sp³-hybridized carbons (Fsp3) is 0.400. The molecule has 0 aromatic heterocycles. The first-order chi connectivity index (χ1) is 17.2. The monoisotopic (exact) mass is 508 g/mol. The second kappa shape index (κ2) is 12.7. The van der Waals surface area contributed by atoms with Crippen molar-refractivity contribution >= 4 is 7.60 Å². The Balaban J connectivity index is 1.72. The normalized spacial score (nSPS) is 13.8. The lowest BCUT2D eigenvalue weighted by atomic mass is 9.77.